The minimum Gasteiger partial charge on any atom is -0.497 e. The number of carbonyl (C=O) groups excluding carboxylic acids is 1. The van der Waals surface area contributed by atoms with Crippen LogP contribution in [-0.4, -0.2) is 67.1 Å². The first kappa shape index (κ1) is 31.2. The van der Waals surface area contributed by atoms with E-state index in [4.69, 9.17) is 4.74 Å². The predicted octanol–water partition coefficient (Wildman–Crippen LogP) is 6.94. The smallest absolute Gasteiger partial charge is 0.260 e. The maximum atomic E-state index is 13.3. The molecular weight excluding hydrogens is 454 g/mol. The molecule has 2 rings (SSSR count). The van der Waals surface area contributed by atoms with Gasteiger partial charge in [-0.3, -0.25) is 9.79 Å². The summed E-state index contributed by atoms with van der Waals surface area (Å²) in [7, 11) is 3.90. The number of rotatable bonds is 7. The van der Waals surface area contributed by atoms with Crippen LogP contribution in [0.1, 0.15) is 83.8 Å². The lowest BCUT2D eigenvalue weighted by molar-refractivity contribution is -0.126. The molecule has 1 aliphatic rings. The van der Waals surface area contributed by atoms with E-state index >= 15 is 0 Å². The Bertz CT molecular complexity index is 797. The van der Waals surface area contributed by atoms with Crippen LogP contribution in [0.4, 0.5) is 0 Å². The number of ether oxygens (including phenoxy) is 1. The van der Waals surface area contributed by atoms with Crippen LogP contribution >= 0.6 is 11.8 Å². The molecule has 1 saturated heterocycles. The fourth-order valence-electron chi connectivity index (χ4n) is 4.18. The zero-order valence-corrected chi connectivity index (χ0v) is 24.2. The molecule has 35 heavy (non-hydrogen) atoms. The average Bonchev–Trinajstić information content (AvgIpc) is 2.86. The second kappa shape index (κ2) is 17.6. The van der Waals surface area contributed by atoms with Gasteiger partial charge in [0.1, 0.15) is 10.8 Å². The van der Waals surface area contributed by atoms with Crippen molar-refractivity contribution in [1.29, 1.82) is 0 Å². The Balaban J connectivity index is 0.00000194. The van der Waals surface area contributed by atoms with Gasteiger partial charge in [0.25, 0.3) is 5.91 Å². The molecule has 0 N–H and O–H groups in total. The summed E-state index contributed by atoms with van der Waals surface area (Å²) < 4.78 is 5.33. The Hall–Kier alpha value is -1.79. The van der Waals surface area contributed by atoms with E-state index < -0.39 is 0 Å². The van der Waals surface area contributed by atoms with Crippen molar-refractivity contribution >= 4 is 22.7 Å². The van der Waals surface area contributed by atoms with Gasteiger partial charge in [-0.2, -0.15) is 0 Å². The molecule has 5 nitrogen and oxygen atoms in total. The van der Waals surface area contributed by atoms with Gasteiger partial charge in [0.05, 0.1) is 12.0 Å². The summed E-state index contributed by atoms with van der Waals surface area (Å²) in [5, 5.41) is 0.845. The third-order valence-electron chi connectivity index (χ3n) is 6.26. The first-order valence-electron chi connectivity index (χ1n) is 13.4. The van der Waals surface area contributed by atoms with Crippen LogP contribution in [0.25, 0.3) is 0 Å². The molecule has 0 saturated carbocycles. The van der Waals surface area contributed by atoms with Crippen LogP contribution in [0.2, 0.25) is 0 Å². The molecule has 1 aromatic carbocycles. The van der Waals surface area contributed by atoms with Crippen LogP contribution in [-0.2, 0) is 4.79 Å². The molecule has 0 atom stereocenters. The Kier molecular flexibility index (Phi) is 15.7. The van der Waals surface area contributed by atoms with E-state index in [-0.39, 0.29) is 5.91 Å². The van der Waals surface area contributed by atoms with Gasteiger partial charge in [-0.05, 0) is 76.9 Å². The average molecular weight is 504 g/mol. The van der Waals surface area contributed by atoms with Crippen LogP contribution < -0.4 is 4.74 Å². The number of aliphatic imine (C=N–C) groups is 1. The van der Waals surface area contributed by atoms with Crippen molar-refractivity contribution in [3.63, 3.8) is 0 Å². The molecule has 0 spiro atoms. The van der Waals surface area contributed by atoms with Crippen molar-refractivity contribution in [1.82, 2.24) is 9.80 Å². The van der Waals surface area contributed by atoms with Crippen LogP contribution in [0.5, 0.6) is 5.75 Å². The minimum atomic E-state index is 0.0489. The monoisotopic (exact) mass is 503 g/mol. The van der Waals surface area contributed by atoms with Crippen molar-refractivity contribution in [3.05, 3.63) is 40.8 Å². The third-order valence-corrected chi connectivity index (χ3v) is 7.23. The molecule has 0 aliphatic carbocycles. The van der Waals surface area contributed by atoms with Crippen molar-refractivity contribution in [2.45, 2.75) is 85.6 Å². The lowest BCUT2D eigenvalue weighted by Crippen LogP contribution is -2.36. The fourth-order valence-corrected chi connectivity index (χ4v) is 5.16. The van der Waals surface area contributed by atoms with Crippen LogP contribution in [0.3, 0.4) is 0 Å². The zero-order valence-electron chi connectivity index (χ0n) is 23.4. The first-order valence-corrected chi connectivity index (χ1v) is 14.2. The quantitative estimate of drug-likeness (QED) is 0.230. The van der Waals surface area contributed by atoms with Crippen molar-refractivity contribution in [2.75, 3.05) is 40.3 Å². The number of nitrogens with zero attached hydrogens (tertiary/aromatic N) is 3. The number of thioether (sulfide) groups is 1. The highest BCUT2D eigenvalue weighted by atomic mass is 32.2. The van der Waals surface area contributed by atoms with Gasteiger partial charge < -0.3 is 14.5 Å². The highest BCUT2D eigenvalue weighted by Crippen LogP contribution is 2.28. The number of carbonyl (C=O) groups is 1. The molecule has 0 radical (unpaired) electrons. The van der Waals surface area contributed by atoms with Gasteiger partial charge in [0.2, 0.25) is 0 Å². The van der Waals surface area contributed by atoms with Crippen LogP contribution in [0.15, 0.2) is 34.7 Å². The number of benzene rings is 1. The lowest BCUT2D eigenvalue weighted by atomic mass is 10.0. The Labute approximate surface area is 219 Å². The lowest BCUT2D eigenvalue weighted by Gasteiger charge is -2.30. The van der Waals surface area contributed by atoms with E-state index in [9.17, 15) is 4.79 Å². The number of methoxy groups -OCH3 is 1. The summed E-state index contributed by atoms with van der Waals surface area (Å²) in [6.07, 6.45) is 8.09. The third kappa shape index (κ3) is 10.8. The molecule has 0 bridgehead atoms. The highest BCUT2D eigenvalue weighted by molar-refractivity contribution is 8.18. The largest absolute Gasteiger partial charge is 0.497 e. The second-order valence-electron chi connectivity index (χ2n) is 9.20. The van der Waals surface area contributed by atoms with Gasteiger partial charge in [0.15, 0.2) is 0 Å². The molecule has 1 amide bonds. The summed E-state index contributed by atoms with van der Waals surface area (Å²) in [6, 6.07) is 6.63. The molecule has 1 heterocycles. The van der Waals surface area contributed by atoms with Gasteiger partial charge in [0, 0.05) is 31.2 Å². The molecule has 1 aliphatic heterocycles. The van der Waals surface area contributed by atoms with E-state index in [1.54, 1.807) is 7.11 Å². The molecule has 6 heteroatoms. The van der Waals surface area contributed by atoms with E-state index in [2.05, 4.69) is 44.3 Å². The number of hydrogen-bond acceptors (Lipinski definition) is 5. The van der Waals surface area contributed by atoms with Crippen LogP contribution in [0, 0.1) is 6.92 Å². The molecule has 198 valence electrons. The van der Waals surface area contributed by atoms with E-state index in [1.165, 1.54) is 31.0 Å². The van der Waals surface area contributed by atoms with Gasteiger partial charge in [-0.15, -0.1) is 0 Å². The number of aryl methyl sites for hydroxylation is 1. The molecule has 0 aromatic heterocycles. The molecule has 1 aromatic rings. The second-order valence-corrected chi connectivity index (χ2v) is 10.3. The SMILES string of the molecule is C=C(SC(=NCC)c1ccc(OC)cc1C)C(=O)N1CCCCC(N(C)CC)CCCC1.CCC. The van der Waals surface area contributed by atoms with Crippen molar-refractivity contribution in [2.24, 2.45) is 4.99 Å². The van der Waals surface area contributed by atoms with Gasteiger partial charge in [-0.1, -0.05) is 58.4 Å². The Morgan fingerprint density at radius 2 is 1.74 bits per heavy atom. The summed E-state index contributed by atoms with van der Waals surface area (Å²) in [5.74, 6) is 0.870. The Morgan fingerprint density at radius 3 is 2.23 bits per heavy atom. The zero-order chi connectivity index (χ0) is 26.2. The molecule has 0 unspecified atom stereocenters. The fraction of sp³-hybridized carbons (Fsp3) is 0.655. The molecule has 1 fully saturated rings. The van der Waals surface area contributed by atoms with E-state index in [0.29, 0.717) is 17.5 Å². The van der Waals surface area contributed by atoms with Crippen molar-refractivity contribution < 1.29 is 9.53 Å². The summed E-state index contributed by atoms with van der Waals surface area (Å²) >= 11 is 1.40. The summed E-state index contributed by atoms with van der Waals surface area (Å²) in [6.45, 7) is 18.1. The number of hydrogen-bond donors (Lipinski definition) is 0. The van der Waals surface area contributed by atoms with E-state index in [0.717, 1.165) is 67.2 Å². The maximum absolute atomic E-state index is 13.3. The standard InChI is InChI=1S/C26H41N3O2S.C3H8/c1-7-27-25(24-16-15-23(31-6)19-20(24)3)32-21(4)26(30)29-17-11-9-13-22(28(5)8-2)14-10-12-18-29;1-3-2/h15-16,19,22H,4,7-14,17-18H2,1-3,5-6H3;3H2,1-2H3. The van der Waals surface area contributed by atoms with Gasteiger partial charge >= 0.3 is 0 Å². The van der Waals surface area contributed by atoms with E-state index in [1.807, 2.05) is 36.9 Å². The van der Waals surface area contributed by atoms with Crippen molar-refractivity contribution in [3.8, 4) is 5.75 Å². The summed E-state index contributed by atoms with van der Waals surface area (Å²) in [4.78, 5) is 23.0. The summed E-state index contributed by atoms with van der Waals surface area (Å²) in [5.41, 5.74) is 2.11. The van der Waals surface area contributed by atoms with Gasteiger partial charge in [-0.25, -0.2) is 0 Å². The topological polar surface area (TPSA) is 45.1 Å². The highest BCUT2D eigenvalue weighted by Gasteiger charge is 2.22. The predicted molar refractivity (Wildman–Crippen MR) is 154 cm³/mol. The maximum Gasteiger partial charge on any atom is 0.260 e. The molecular formula is C29H49N3O2S. The minimum absolute atomic E-state index is 0.0489. The normalized spacial score (nSPS) is 15.9. The number of amides is 1. The Morgan fingerprint density at radius 1 is 1.14 bits per heavy atom. The first-order chi connectivity index (χ1) is 16.8.